The summed E-state index contributed by atoms with van der Waals surface area (Å²) in [5.41, 5.74) is 5.14. The molecule has 3 N–H and O–H groups in total. The molecule has 0 saturated heterocycles. The molecular formula is C9H15NO3. The minimum atomic E-state index is -0.807. The van der Waals surface area contributed by atoms with Crippen LogP contribution in [0.2, 0.25) is 0 Å². The normalized spacial score (nSPS) is 34.1. The molecular weight excluding hydrogens is 170 g/mol. The summed E-state index contributed by atoms with van der Waals surface area (Å²) in [6, 6.07) is 0. The van der Waals surface area contributed by atoms with Gasteiger partial charge in [-0.05, 0) is 25.2 Å². The molecule has 0 aromatic heterocycles. The van der Waals surface area contributed by atoms with Gasteiger partial charge in [-0.3, -0.25) is 9.59 Å². The van der Waals surface area contributed by atoms with Gasteiger partial charge in [0.05, 0.1) is 5.92 Å². The van der Waals surface area contributed by atoms with Gasteiger partial charge in [-0.15, -0.1) is 0 Å². The van der Waals surface area contributed by atoms with Crippen molar-refractivity contribution in [2.24, 2.45) is 23.5 Å². The van der Waals surface area contributed by atoms with Crippen molar-refractivity contribution in [3.05, 3.63) is 0 Å². The topological polar surface area (TPSA) is 80.4 Å². The van der Waals surface area contributed by atoms with Crippen LogP contribution in [-0.2, 0) is 9.59 Å². The van der Waals surface area contributed by atoms with Gasteiger partial charge in [0.2, 0.25) is 5.91 Å². The van der Waals surface area contributed by atoms with Crippen LogP contribution >= 0.6 is 0 Å². The zero-order chi connectivity index (χ0) is 10.0. The highest BCUT2D eigenvalue weighted by molar-refractivity contribution is 5.78. The number of hydrogen-bond donors (Lipinski definition) is 2. The summed E-state index contributed by atoms with van der Waals surface area (Å²) in [7, 11) is 0. The SMILES string of the molecule is CC1CCC(C(N)=O)CC1C(=O)O. The number of primary amides is 1. The Morgan fingerprint density at radius 1 is 1.38 bits per heavy atom. The summed E-state index contributed by atoms with van der Waals surface area (Å²) in [5, 5.41) is 8.86. The summed E-state index contributed by atoms with van der Waals surface area (Å²) >= 11 is 0. The molecule has 1 aliphatic carbocycles. The van der Waals surface area contributed by atoms with Crippen molar-refractivity contribution < 1.29 is 14.7 Å². The van der Waals surface area contributed by atoms with Crippen molar-refractivity contribution in [2.75, 3.05) is 0 Å². The van der Waals surface area contributed by atoms with Gasteiger partial charge in [-0.1, -0.05) is 6.92 Å². The van der Waals surface area contributed by atoms with E-state index in [4.69, 9.17) is 10.8 Å². The van der Waals surface area contributed by atoms with Crippen molar-refractivity contribution in [1.82, 2.24) is 0 Å². The first-order valence-corrected chi connectivity index (χ1v) is 4.54. The number of carbonyl (C=O) groups is 2. The third-order valence-corrected chi connectivity index (χ3v) is 2.92. The monoisotopic (exact) mass is 185 g/mol. The maximum absolute atomic E-state index is 10.9. The molecule has 4 nitrogen and oxygen atoms in total. The van der Waals surface area contributed by atoms with Crippen LogP contribution in [0.25, 0.3) is 0 Å². The second kappa shape index (κ2) is 3.77. The van der Waals surface area contributed by atoms with Crippen LogP contribution in [0.4, 0.5) is 0 Å². The molecule has 3 unspecified atom stereocenters. The average Bonchev–Trinajstić information content (AvgIpc) is 2.04. The van der Waals surface area contributed by atoms with Gasteiger partial charge in [0, 0.05) is 5.92 Å². The summed E-state index contributed by atoms with van der Waals surface area (Å²) in [4.78, 5) is 21.6. The molecule has 0 aromatic carbocycles. The lowest BCUT2D eigenvalue weighted by Gasteiger charge is -2.29. The standard InChI is InChI=1S/C9H15NO3/c1-5-2-3-6(8(10)11)4-7(5)9(12)13/h5-7H,2-4H2,1H3,(H2,10,11)(H,12,13). The van der Waals surface area contributed by atoms with Gasteiger partial charge in [-0.25, -0.2) is 0 Å². The van der Waals surface area contributed by atoms with Crippen molar-refractivity contribution in [3.63, 3.8) is 0 Å². The number of carbonyl (C=O) groups excluding carboxylic acids is 1. The molecule has 0 spiro atoms. The van der Waals surface area contributed by atoms with Gasteiger partial charge in [0.15, 0.2) is 0 Å². The predicted molar refractivity (Wildman–Crippen MR) is 46.8 cm³/mol. The van der Waals surface area contributed by atoms with E-state index in [-0.39, 0.29) is 17.7 Å². The molecule has 1 aliphatic rings. The zero-order valence-corrected chi connectivity index (χ0v) is 7.69. The van der Waals surface area contributed by atoms with Gasteiger partial charge >= 0.3 is 5.97 Å². The molecule has 0 aromatic rings. The van der Waals surface area contributed by atoms with Crippen LogP contribution in [0.15, 0.2) is 0 Å². The Hall–Kier alpha value is -1.06. The van der Waals surface area contributed by atoms with Crippen molar-refractivity contribution in [1.29, 1.82) is 0 Å². The lowest BCUT2D eigenvalue weighted by Crippen LogP contribution is -2.35. The summed E-state index contributed by atoms with van der Waals surface area (Å²) in [6.45, 7) is 1.91. The van der Waals surface area contributed by atoms with Crippen LogP contribution in [0.3, 0.4) is 0 Å². The summed E-state index contributed by atoms with van der Waals surface area (Å²) < 4.78 is 0. The first-order chi connectivity index (χ1) is 6.02. The van der Waals surface area contributed by atoms with E-state index in [2.05, 4.69) is 0 Å². The largest absolute Gasteiger partial charge is 0.481 e. The summed E-state index contributed by atoms with van der Waals surface area (Å²) in [6.07, 6.45) is 1.93. The van der Waals surface area contributed by atoms with E-state index < -0.39 is 11.9 Å². The van der Waals surface area contributed by atoms with E-state index in [1.54, 1.807) is 0 Å². The average molecular weight is 185 g/mol. The molecule has 4 heteroatoms. The Morgan fingerprint density at radius 3 is 2.46 bits per heavy atom. The molecule has 0 aliphatic heterocycles. The van der Waals surface area contributed by atoms with Crippen molar-refractivity contribution in [3.8, 4) is 0 Å². The molecule has 1 fully saturated rings. The Morgan fingerprint density at radius 2 is 2.00 bits per heavy atom. The van der Waals surface area contributed by atoms with Crippen LogP contribution in [0, 0.1) is 17.8 Å². The van der Waals surface area contributed by atoms with E-state index in [1.165, 1.54) is 0 Å². The predicted octanol–water partition coefficient (Wildman–Crippen LogP) is 0.609. The van der Waals surface area contributed by atoms with Gasteiger partial charge < -0.3 is 10.8 Å². The summed E-state index contributed by atoms with van der Waals surface area (Å²) in [5.74, 6) is -1.65. The van der Waals surface area contributed by atoms with Gasteiger partial charge in [0.1, 0.15) is 0 Å². The molecule has 74 valence electrons. The maximum atomic E-state index is 10.9. The minimum Gasteiger partial charge on any atom is -0.481 e. The van der Waals surface area contributed by atoms with Crippen LogP contribution in [0.5, 0.6) is 0 Å². The lowest BCUT2D eigenvalue weighted by molar-refractivity contribution is -0.145. The Labute approximate surface area is 77.1 Å². The molecule has 1 amide bonds. The van der Waals surface area contributed by atoms with Crippen molar-refractivity contribution in [2.45, 2.75) is 26.2 Å². The zero-order valence-electron chi connectivity index (χ0n) is 7.69. The van der Waals surface area contributed by atoms with E-state index in [0.717, 1.165) is 12.8 Å². The quantitative estimate of drug-likeness (QED) is 0.661. The highest BCUT2D eigenvalue weighted by Crippen LogP contribution is 2.33. The fourth-order valence-electron chi connectivity index (χ4n) is 1.92. The van der Waals surface area contributed by atoms with Crippen LogP contribution < -0.4 is 5.73 Å². The molecule has 0 heterocycles. The van der Waals surface area contributed by atoms with Crippen LogP contribution in [-0.4, -0.2) is 17.0 Å². The fourth-order valence-corrected chi connectivity index (χ4v) is 1.92. The Bertz CT molecular complexity index is 227. The molecule has 1 rings (SSSR count). The van der Waals surface area contributed by atoms with E-state index >= 15 is 0 Å². The number of carboxylic acid groups (broad SMARTS) is 1. The number of rotatable bonds is 2. The van der Waals surface area contributed by atoms with E-state index in [0.29, 0.717) is 6.42 Å². The molecule has 13 heavy (non-hydrogen) atoms. The lowest BCUT2D eigenvalue weighted by atomic mass is 9.75. The molecule has 1 saturated carbocycles. The number of amides is 1. The molecule has 0 bridgehead atoms. The fraction of sp³-hybridized carbons (Fsp3) is 0.778. The number of carboxylic acids is 1. The van der Waals surface area contributed by atoms with Gasteiger partial charge in [0.25, 0.3) is 0 Å². The third-order valence-electron chi connectivity index (χ3n) is 2.92. The van der Waals surface area contributed by atoms with Crippen LogP contribution in [0.1, 0.15) is 26.2 Å². The second-order valence-electron chi connectivity index (χ2n) is 3.83. The molecule has 3 atom stereocenters. The Balaban J connectivity index is 2.63. The van der Waals surface area contributed by atoms with Gasteiger partial charge in [-0.2, -0.15) is 0 Å². The molecule has 0 radical (unpaired) electrons. The van der Waals surface area contributed by atoms with E-state index in [1.807, 2.05) is 6.92 Å². The number of hydrogen-bond acceptors (Lipinski definition) is 2. The highest BCUT2D eigenvalue weighted by atomic mass is 16.4. The second-order valence-corrected chi connectivity index (χ2v) is 3.83. The minimum absolute atomic E-state index is 0.160. The highest BCUT2D eigenvalue weighted by Gasteiger charge is 2.34. The smallest absolute Gasteiger partial charge is 0.306 e. The number of nitrogens with two attached hydrogens (primary N) is 1. The first-order valence-electron chi connectivity index (χ1n) is 4.54. The first kappa shape index (κ1) is 10.0. The number of aliphatic carboxylic acids is 1. The van der Waals surface area contributed by atoms with E-state index in [9.17, 15) is 9.59 Å². The maximum Gasteiger partial charge on any atom is 0.306 e. The third kappa shape index (κ3) is 2.20. The van der Waals surface area contributed by atoms with Crippen molar-refractivity contribution >= 4 is 11.9 Å². The Kier molecular flexibility index (Phi) is 2.90.